The smallest absolute Gasteiger partial charge is 0.246 e. The number of benzene rings is 1. The van der Waals surface area contributed by atoms with Crippen molar-refractivity contribution in [3.63, 3.8) is 0 Å². The first-order valence-electron chi connectivity index (χ1n) is 13.6. The molecule has 0 aliphatic carbocycles. The fourth-order valence-electron chi connectivity index (χ4n) is 5.45. The number of fused-ring (bicyclic) bond motifs is 1. The number of piperazine rings is 1. The van der Waals surface area contributed by atoms with Gasteiger partial charge in [0.05, 0.1) is 43.2 Å². The Kier molecular flexibility index (Phi) is 7.31. The van der Waals surface area contributed by atoms with Gasteiger partial charge < -0.3 is 14.5 Å². The van der Waals surface area contributed by atoms with Crippen molar-refractivity contribution in [3.05, 3.63) is 73.3 Å². The fourth-order valence-corrected chi connectivity index (χ4v) is 5.45. The summed E-state index contributed by atoms with van der Waals surface area (Å²) >= 11 is 0. The molecule has 1 amide bonds. The van der Waals surface area contributed by atoms with E-state index in [2.05, 4.69) is 69.2 Å². The summed E-state index contributed by atoms with van der Waals surface area (Å²) in [7, 11) is 0. The van der Waals surface area contributed by atoms with E-state index in [0.29, 0.717) is 18.7 Å². The number of carbonyl (C=O) groups is 1. The van der Waals surface area contributed by atoms with Crippen molar-refractivity contribution in [2.24, 2.45) is 0 Å². The summed E-state index contributed by atoms with van der Waals surface area (Å²) in [6, 6.07) is 12.8. The topological polar surface area (TPSA) is 94.9 Å². The van der Waals surface area contributed by atoms with Crippen LogP contribution >= 0.6 is 0 Å². The lowest BCUT2D eigenvalue weighted by molar-refractivity contribution is -0.126. The van der Waals surface area contributed by atoms with Crippen molar-refractivity contribution in [3.8, 4) is 28.3 Å². The van der Waals surface area contributed by atoms with E-state index in [-0.39, 0.29) is 5.91 Å². The zero-order valence-corrected chi connectivity index (χ0v) is 22.4. The summed E-state index contributed by atoms with van der Waals surface area (Å²) in [6.07, 6.45) is 8.91. The van der Waals surface area contributed by atoms with Crippen LogP contribution in [0.4, 0.5) is 5.69 Å². The van der Waals surface area contributed by atoms with Crippen LogP contribution in [0, 0.1) is 11.3 Å². The van der Waals surface area contributed by atoms with E-state index in [4.69, 9.17) is 4.74 Å². The third-order valence-electron chi connectivity index (χ3n) is 7.76. The van der Waals surface area contributed by atoms with E-state index < -0.39 is 0 Å². The lowest BCUT2D eigenvalue weighted by Gasteiger charge is -2.35. The van der Waals surface area contributed by atoms with Gasteiger partial charge >= 0.3 is 0 Å². The normalized spacial score (nSPS) is 16.3. The minimum absolute atomic E-state index is 0.0179. The van der Waals surface area contributed by atoms with E-state index in [1.807, 2.05) is 22.0 Å². The molecule has 0 saturated carbocycles. The third kappa shape index (κ3) is 5.21. The molecule has 5 heterocycles. The average molecular weight is 537 g/mol. The van der Waals surface area contributed by atoms with Gasteiger partial charge in [0, 0.05) is 80.6 Å². The van der Waals surface area contributed by atoms with Crippen LogP contribution < -0.4 is 4.90 Å². The van der Waals surface area contributed by atoms with Crippen molar-refractivity contribution in [1.82, 2.24) is 29.2 Å². The molecular formula is C30H32N8O2. The molecule has 2 aliphatic rings. The predicted molar refractivity (Wildman–Crippen MR) is 153 cm³/mol. The third-order valence-corrected chi connectivity index (χ3v) is 7.76. The molecule has 4 aromatic rings. The van der Waals surface area contributed by atoms with Gasteiger partial charge in [-0.15, -0.1) is 0 Å². The highest BCUT2D eigenvalue weighted by atomic mass is 16.5. The monoisotopic (exact) mass is 536 g/mol. The van der Waals surface area contributed by atoms with Crippen LogP contribution in [0.3, 0.4) is 0 Å². The van der Waals surface area contributed by atoms with Gasteiger partial charge in [-0.3, -0.25) is 14.4 Å². The summed E-state index contributed by atoms with van der Waals surface area (Å²) in [5.41, 5.74) is 6.37. The molecule has 0 radical (unpaired) electrons. The largest absolute Gasteiger partial charge is 0.379 e. The Morgan fingerprint density at radius 1 is 0.950 bits per heavy atom. The Morgan fingerprint density at radius 3 is 2.45 bits per heavy atom. The summed E-state index contributed by atoms with van der Waals surface area (Å²) in [6.45, 7) is 11.7. The maximum Gasteiger partial charge on any atom is 0.246 e. The van der Waals surface area contributed by atoms with Crippen LogP contribution in [0.2, 0.25) is 0 Å². The number of nitrogens with zero attached hydrogens (tertiary/aromatic N) is 8. The Morgan fingerprint density at radius 2 is 1.73 bits per heavy atom. The Labute approximate surface area is 233 Å². The fraction of sp³-hybridized carbons (Fsp3) is 0.333. The van der Waals surface area contributed by atoms with Crippen molar-refractivity contribution < 1.29 is 9.53 Å². The van der Waals surface area contributed by atoms with Gasteiger partial charge in [0.25, 0.3) is 0 Å². The quantitative estimate of drug-likeness (QED) is 0.335. The van der Waals surface area contributed by atoms with Crippen LogP contribution in [0.15, 0.2) is 67.8 Å². The molecular weight excluding hydrogens is 504 g/mol. The van der Waals surface area contributed by atoms with Crippen molar-refractivity contribution in [2.45, 2.75) is 6.54 Å². The number of hydrogen-bond donors (Lipinski definition) is 0. The molecule has 1 aromatic carbocycles. The first-order chi connectivity index (χ1) is 19.6. The molecule has 3 aromatic heterocycles. The van der Waals surface area contributed by atoms with Crippen molar-refractivity contribution in [2.75, 3.05) is 63.9 Å². The van der Waals surface area contributed by atoms with E-state index in [1.54, 1.807) is 10.7 Å². The zero-order chi connectivity index (χ0) is 27.5. The molecule has 0 unspecified atom stereocenters. The second-order valence-corrected chi connectivity index (χ2v) is 10.1. The first-order valence-corrected chi connectivity index (χ1v) is 13.6. The molecule has 2 saturated heterocycles. The SMILES string of the molecule is C=CC(=O)N1CCN(c2ccc(-c3cc(-c4cnn(CCN5CCOCC5)c4)cn4ncc(C#N)c34)cc2)CC1. The molecule has 0 spiro atoms. The first kappa shape index (κ1) is 25.8. The predicted octanol–water partition coefficient (Wildman–Crippen LogP) is 2.90. The molecule has 10 nitrogen and oxygen atoms in total. The summed E-state index contributed by atoms with van der Waals surface area (Å²) < 4.78 is 9.22. The molecule has 6 rings (SSSR count). The van der Waals surface area contributed by atoms with Crippen LogP contribution in [-0.2, 0) is 16.1 Å². The molecule has 2 fully saturated rings. The highest BCUT2D eigenvalue weighted by Gasteiger charge is 2.20. The number of rotatable bonds is 7. The van der Waals surface area contributed by atoms with Crippen molar-refractivity contribution >= 4 is 17.1 Å². The molecule has 40 heavy (non-hydrogen) atoms. The zero-order valence-electron chi connectivity index (χ0n) is 22.4. The van der Waals surface area contributed by atoms with E-state index in [0.717, 1.165) is 85.9 Å². The van der Waals surface area contributed by atoms with Crippen LogP contribution in [0.1, 0.15) is 5.56 Å². The number of morpholine rings is 1. The number of nitriles is 1. The average Bonchev–Trinajstić information content (AvgIpc) is 3.67. The van der Waals surface area contributed by atoms with Crippen molar-refractivity contribution in [1.29, 1.82) is 5.26 Å². The maximum absolute atomic E-state index is 11.9. The molecule has 0 atom stereocenters. The van der Waals surface area contributed by atoms with Gasteiger partial charge in [0.15, 0.2) is 0 Å². The molecule has 0 bridgehead atoms. The number of aromatic nitrogens is 4. The summed E-state index contributed by atoms with van der Waals surface area (Å²) in [5.74, 6) is -0.0179. The van der Waals surface area contributed by atoms with Gasteiger partial charge in [0.1, 0.15) is 6.07 Å². The van der Waals surface area contributed by atoms with Gasteiger partial charge in [-0.1, -0.05) is 18.7 Å². The van der Waals surface area contributed by atoms with Crippen LogP contribution in [0.25, 0.3) is 27.8 Å². The van der Waals surface area contributed by atoms with Crippen LogP contribution in [0.5, 0.6) is 0 Å². The molecule has 2 aliphatic heterocycles. The van der Waals surface area contributed by atoms with Gasteiger partial charge in [-0.05, 0) is 29.8 Å². The molecule has 204 valence electrons. The number of ether oxygens (including phenoxy) is 1. The lowest BCUT2D eigenvalue weighted by atomic mass is 9.99. The lowest BCUT2D eigenvalue weighted by Crippen LogP contribution is -2.48. The second-order valence-electron chi connectivity index (χ2n) is 10.1. The number of pyridine rings is 1. The number of hydrogen-bond acceptors (Lipinski definition) is 7. The number of anilines is 1. The van der Waals surface area contributed by atoms with E-state index >= 15 is 0 Å². The Balaban J connectivity index is 1.25. The molecule has 10 heteroatoms. The number of carbonyl (C=O) groups excluding carboxylic acids is 1. The summed E-state index contributed by atoms with van der Waals surface area (Å²) in [5, 5.41) is 18.9. The van der Waals surface area contributed by atoms with E-state index in [9.17, 15) is 10.1 Å². The highest BCUT2D eigenvalue weighted by molar-refractivity contribution is 5.88. The van der Waals surface area contributed by atoms with Crippen LogP contribution in [-0.4, -0.2) is 94.1 Å². The standard InChI is InChI=1S/C30H32N8O2/c1-2-29(39)36-10-8-35(9-11-36)27-5-3-23(4-6-27)28-17-24(22-38-30(28)25(18-31)19-33-38)26-20-32-37(21-26)12-7-34-13-15-40-16-14-34/h2-6,17,19-22H,1,7-16H2. The second kappa shape index (κ2) is 11.3. The minimum Gasteiger partial charge on any atom is -0.379 e. The van der Waals surface area contributed by atoms with E-state index in [1.165, 1.54) is 6.08 Å². The van der Waals surface area contributed by atoms with Gasteiger partial charge in [-0.2, -0.15) is 15.5 Å². The minimum atomic E-state index is -0.0179. The maximum atomic E-state index is 11.9. The highest BCUT2D eigenvalue weighted by Crippen LogP contribution is 2.33. The number of amides is 1. The summed E-state index contributed by atoms with van der Waals surface area (Å²) in [4.78, 5) is 18.4. The Bertz CT molecular complexity index is 1550. The Hall–Kier alpha value is -4.46. The molecule has 0 N–H and O–H groups in total. The van der Waals surface area contributed by atoms with Gasteiger partial charge in [-0.25, -0.2) is 4.52 Å². The van der Waals surface area contributed by atoms with Gasteiger partial charge in [0.2, 0.25) is 5.91 Å².